The second-order valence-electron chi connectivity index (χ2n) is 4.82. The van der Waals surface area contributed by atoms with Crippen molar-refractivity contribution in [2.45, 2.75) is 19.3 Å². The van der Waals surface area contributed by atoms with Gasteiger partial charge >= 0.3 is 0 Å². The molecule has 0 heterocycles. The molecule has 0 fully saturated rings. The van der Waals surface area contributed by atoms with Crippen LogP contribution in [0.25, 0.3) is 0 Å². The van der Waals surface area contributed by atoms with Gasteiger partial charge in [-0.05, 0) is 47.7 Å². The summed E-state index contributed by atoms with van der Waals surface area (Å²) in [5.41, 5.74) is 14.2. The van der Waals surface area contributed by atoms with Crippen LogP contribution in [0.1, 0.15) is 24.0 Å². The summed E-state index contributed by atoms with van der Waals surface area (Å²) < 4.78 is 0. The van der Waals surface area contributed by atoms with E-state index in [1.54, 1.807) is 24.3 Å². The molecule has 0 aliphatic rings. The summed E-state index contributed by atoms with van der Waals surface area (Å²) in [6.07, 6.45) is 0.786. The highest BCUT2D eigenvalue weighted by Gasteiger charge is 2.09. The molecular weight excluding hydrogens is 240 g/mol. The molecule has 6 N–H and O–H groups in total. The van der Waals surface area contributed by atoms with E-state index in [2.05, 4.69) is 6.92 Å². The Balaban J connectivity index is 2.17. The van der Waals surface area contributed by atoms with Gasteiger partial charge in [-0.1, -0.05) is 19.1 Å². The number of phenols is 2. The molecule has 0 saturated carbocycles. The second kappa shape index (κ2) is 5.10. The van der Waals surface area contributed by atoms with Crippen LogP contribution < -0.4 is 11.5 Å². The number of benzene rings is 2. The number of phenolic OH excluding ortho intramolecular Hbond substituents is 2. The van der Waals surface area contributed by atoms with Crippen molar-refractivity contribution >= 4 is 11.4 Å². The van der Waals surface area contributed by atoms with Gasteiger partial charge in [0.05, 0.1) is 11.4 Å². The molecule has 0 saturated heterocycles. The van der Waals surface area contributed by atoms with E-state index in [1.807, 2.05) is 12.1 Å². The van der Waals surface area contributed by atoms with Gasteiger partial charge in [0.25, 0.3) is 0 Å². The maximum Gasteiger partial charge on any atom is 0.138 e. The number of anilines is 2. The van der Waals surface area contributed by atoms with Crippen molar-refractivity contribution < 1.29 is 10.2 Å². The molecule has 0 spiro atoms. The molecule has 2 aromatic carbocycles. The Labute approximate surface area is 112 Å². The van der Waals surface area contributed by atoms with Gasteiger partial charge in [0.1, 0.15) is 11.5 Å². The van der Waals surface area contributed by atoms with Crippen molar-refractivity contribution in [2.24, 2.45) is 0 Å². The lowest BCUT2D eigenvalue weighted by Crippen LogP contribution is -2.00. The summed E-state index contributed by atoms with van der Waals surface area (Å²) in [5, 5.41) is 18.8. The van der Waals surface area contributed by atoms with E-state index in [1.165, 1.54) is 0 Å². The van der Waals surface area contributed by atoms with Crippen molar-refractivity contribution in [3.8, 4) is 11.5 Å². The quantitative estimate of drug-likeness (QED) is 0.503. The third-order valence-corrected chi connectivity index (χ3v) is 3.25. The average molecular weight is 258 g/mol. The van der Waals surface area contributed by atoms with Crippen molar-refractivity contribution in [2.75, 3.05) is 11.5 Å². The van der Waals surface area contributed by atoms with Crippen molar-refractivity contribution in [1.82, 2.24) is 0 Å². The minimum absolute atomic E-state index is 0.102. The molecule has 1 unspecified atom stereocenters. The highest BCUT2D eigenvalue weighted by Crippen LogP contribution is 2.28. The largest absolute Gasteiger partial charge is 0.506 e. The van der Waals surface area contributed by atoms with E-state index >= 15 is 0 Å². The molecule has 0 bridgehead atoms. The predicted molar refractivity (Wildman–Crippen MR) is 77.2 cm³/mol. The van der Waals surface area contributed by atoms with Crippen LogP contribution in [-0.2, 0) is 6.42 Å². The fourth-order valence-electron chi connectivity index (χ4n) is 2.08. The summed E-state index contributed by atoms with van der Waals surface area (Å²) in [7, 11) is 0. The van der Waals surface area contributed by atoms with Crippen LogP contribution in [0.5, 0.6) is 11.5 Å². The van der Waals surface area contributed by atoms with Gasteiger partial charge in [-0.25, -0.2) is 0 Å². The number of hydrogen-bond donors (Lipinski definition) is 4. The third-order valence-electron chi connectivity index (χ3n) is 3.25. The summed E-state index contributed by atoms with van der Waals surface area (Å²) in [5.74, 6) is 0.446. The van der Waals surface area contributed by atoms with Gasteiger partial charge in [0.15, 0.2) is 0 Å². The number of rotatable bonds is 3. The van der Waals surface area contributed by atoms with Crippen LogP contribution in [0, 0.1) is 0 Å². The first kappa shape index (κ1) is 13.1. The summed E-state index contributed by atoms with van der Waals surface area (Å²) in [4.78, 5) is 0. The van der Waals surface area contributed by atoms with E-state index in [-0.39, 0.29) is 17.4 Å². The van der Waals surface area contributed by atoms with Crippen LogP contribution in [-0.4, -0.2) is 10.2 Å². The minimum Gasteiger partial charge on any atom is -0.506 e. The van der Waals surface area contributed by atoms with E-state index < -0.39 is 0 Å². The number of nitrogens with two attached hydrogens (primary N) is 2. The van der Waals surface area contributed by atoms with Gasteiger partial charge in [0.2, 0.25) is 0 Å². The number of aromatic hydroxyl groups is 2. The maximum absolute atomic E-state index is 9.41. The zero-order valence-corrected chi connectivity index (χ0v) is 10.8. The van der Waals surface area contributed by atoms with Crippen LogP contribution in [0.15, 0.2) is 36.4 Å². The zero-order valence-electron chi connectivity index (χ0n) is 10.8. The van der Waals surface area contributed by atoms with E-state index in [0.29, 0.717) is 11.4 Å². The lowest BCUT2D eigenvalue weighted by molar-refractivity contribution is 0.477. The molecule has 4 heteroatoms. The van der Waals surface area contributed by atoms with Gasteiger partial charge in [0, 0.05) is 0 Å². The molecular formula is C15H18N2O2. The summed E-state index contributed by atoms with van der Waals surface area (Å²) in [6, 6.07) is 10.5. The van der Waals surface area contributed by atoms with Crippen molar-refractivity contribution in [3.63, 3.8) is 0 Å². The average Bonchev–Trinajstić information content (AvgIpc) is 2.37. The smallest absolute Gasteiger partial charge is 0.138 e. The predicted octanol–water partition coefficient (Wildman–Crippen LogP) is 2.61. The second-order valence-corrected chi connectivity index (χ2v) is 4.82. The molecule has 100 valence electrons. The molecule has 2 rings (SSSR count). The Morgan fingerprint density at radius 1 is 0.947 bits per heavy atom. The fourth-order valence-corrected chi connectivity index (χ4v) is 2.08. The van der Waals surface area contributed by atoms with E-state index in [4.69, 9.17) is 11.5 Å². The Kier molecular flexibility index (Phi) is 3.51. The normalized spacial score (nSPS) is 12.3. The molecule has 0 aliphatic carbocycles. The minimum atomic E-state index is 0.102. The number of hydrogen-bond acceptors (Lipinski definition) is 4. The summed E-state index contributed by atoms with van der Waals surface area (Å²) in [6.45, 7) is 2.08. The Hall–Kier alpha value is -2.36. The lowest BCUT2D eigenvalue weighted by Gasteiger charge is -2.14. The zero-order chi connectivity index (χ0) is 14.0. The maximum atomic E-state index is 9.41. The van der Waals surface area contributed by atoms with Crippen LogP contribution in [0.3, 0.4) is 0 Å². The SMILES string of the molecule is CC(Cc1ccc(O)c(N)c1)c1ccc(O)c(N)c1. The van der Waals surface area contributed by atoms with Crippen molar-refractivity contribution in [3.05, 3.63) is 47.5 Å². The summed E-state index contributed by atoms with van der Waals surface area (Å²) >= 11 is 0. The molecule has 2 aromatic rings. The Bertz CT molecular complexity index is 597. The van der Waals surface area contributed by atoms with E-state index in [9.17, 15) is 10.2 Å². The molecule has 0 radical (unpaired) electrons. The Morgan fingerprint density at radius 3 is 2.11 bits per heavy atom. The molecule has 19 heavy (non-hydrogen) atoms. The van der Waals surface area contributed by atoms with Crippen LogP contribution >= 0.6 is 0 Å². The first-order chi connectivity index (χ1) is 8.97. The van der Waals surface area contributed by atoms with Crippen molar-refractivity contribution in [1.29, 1.82) is 0 Å². The third kappa shape index (κ3) is 2.91. The van der Waals surface area contributed by atoms with Gasteiger partial charge in [-0.15, -0.1) is 0 Å². The standard InChI is InChI=1S/C15H18N2O2/c1-9(11-3-5-15(19)13(17)8-11)6-10-2-4-14(18)12(16)7-10/h2-5,7-9,18-19H,6,16-17H2,1H3. The first-order valence-corrected chi connectivity index (χ1v) is 6.13. The topological polar surface area (TPSA) is 92.5 Å². The van der Waals surface area contributed by atoms with E-state index in [0.717, 1.165) is 17.5 Å². The molecule has 0 amide bonds. The lowest BCUT2D eigenvalue weighted by atomic mass is 9.93. The fraction of sp³-hybridized carbons (Fsp3) is 0.200. The molecule has 1 atom stereocenters. The highest BCUT2D eigenvalue weighted by molar-refractivity contribution is 5.55. The van der Waals surface area contributed by atoms with Gasteiger partial charge < -0.3 is 21.7 Å². The van der Waals surface area contributed by atoms with Gasteiger partial charge in [-0.2, -0.15) is 0 Å². The molecule has 0 aromatic heterocycles. The van der Waals surface area contributed by atoms with Gasteiger partial charge in [-0.3, -0.25) is 0 Å². The molecule has 0 aliphatic heterocycles. The Morgan fingerprint density at radius 2 is 1.53 bits per heavy atom. The van der Waals surface area contributed by atoms with Crippen LogP contribution in [0.4, 0.5) is 11.4 Å². The monoisotopic (exact) mass is 258 g/mol. The van der Waals surface area contributed by atoms with Crippen LogP contribution in [0.2, 0.25) is 0 Å². The first-order valence-electron chi connectivity index (χ1n) is 6.13. The number of nitrogen functional groups attached to an aromatic ring is 2. The highest BCUT2D eigenvalue weighted by atomic mass is 16.3. The molecule has 4 nitrogen and oxygen atoms in total.